The number of carboxylic acids is 1. The van der Waals surface area contributed by atoms with Gasteiger partial charge in [0.2, 0.25) is 0 Å². The number of ether oxygens (including phenoxy) is 3. The van der Waals surface area contributed by atoms with Crippen LogP contribution < -0.4 is 5.32 Å². The largest absolute Gasteiger partial charge is 0.478 e. The molecule has 5 atom stereocenters. The van der Waals surface area contributed by atoms with Crippen LogP contribution in [0.1, 0.15) is 70.3 Å². The van der Waals surface area contributed by atoms with Gasteiger partial charge in [-0.15, -0.1) is 11.8 Å². The van der Waals surface area contributed by atoms with Crippen LogP contribution in [-0.4, -0.2) is 51.0 Å². The molecule has 2 heterocycles. The molecule has 0 bridgehead atoms. The molecule has 1 aromatic heterocycles. The number of nitrogens with zero attached hydrogens (tertiary/aromatic N) is 1. The summed E-state index contributed by atoms with van der Waals surface area (Å²) in [6.07, 6.45) is -0.959. The number of hydrogen-bond donors (Lipinski definition) is 3. The van der Waals surface area contributed by atoms with Crippen LogP contribution in [0, 0.1) is 0 Å². The van der Waals surface area contributed by atoms with Crippen LogP contribution in [0.5, 0.6) is 0 Å². The highest BCUT2D eigenvalue weighted by Crippen LogP contribution is 2.48. The smallest absolute Gasteiger partial charge is 0.338 e. The Labute approximate surface area is 277 Å². The summed E-state index contributed by atoms with van der Waals surface area (Å²) in [6.45, 7) is 2.93. The number of aliphatic hydroxyl groups excluding tert-OH is 1. The standard InChI is InChI=1S/C36H36N2O8S/c1-22(44-23(2)40)33(41)38-19-24-10-16-28(17-11-24)36-45-30(21-47-34-29(35(42)43)9-6-18-37-34)31(26-7-4-3-5-8-26)32(46-36)27-14-12-25(20-39)13-15-27/h3-18,22,30-32,36,39H,19-21H2,1-2H3,(H,38,41)(H,42,43)/t22-,30+,31+,32-,36?/m0/s1. The molecule has 1 amide bonds. The summed E-state index contributed by atoms with van der Waals surface area (Å²) in [5.41, 5.74) is 4.40. The molecular formula is C36H36N2O8S. The summed E-state index contributed by atoms with van der Waals surface area (Å²) in [7, 11) is 0. The number of carbonyl (C=O) groups excluding carboxylic acids is 2. The number of aromatic carboxylic acids is 1. The average molecular weight is 657 g/mol. The summed E-state index contributed by atoms with van der Waals surface area (Å²) < 4.78 is 18.4. The van der Waals surface area contributed by atoms with Crippen molar-refractivity contribution in [3.05, 3.63) is 131 Å². The highest BCUT2D eigenvalue weighted by Gasteiger charge is 2.42. The molecule has 1 saturated heterocycles. The first-order valence-corrected chi connectivity index (χ1v) is 16.1. The molecular weight excluding hydrogens is 620 g/mol. The van der Waals surface area contributed by atoms with Gasteiger partial charge in [-0.2, -0.15) is 0 Å². The number of esters is 1. The second-order valence-corrected chi connectivity index (χ2v) is 12.1. The topological polar surface area (TPSA) is 144 Å². The van der Waals surface area contributed by atoms with Gasteiger partial charge in [0.05, 0.1) is 24.4 Å². The third kappa shape index (κ3) is 8.63. The summed E-state index contributed by atoms with van der Waals surface area (Å²) in [4.78, 5) is 39.7. The molecule has 0 radical (unpaired) electrons. The fraction of sp³-hybridized carbons (Fsp3) is 0.278. The van der Waals surface area contributed by atoms with Gasteiger partial charge in [0.25, 0.3) is 5.91 Å². The lowest BCUT2D eigenvalue weighted by atomic mass is 9.84. The number of carboxylic acid groups (broad SMARTS) is 1. The van der Waals surface area contributed by atoms with Gasteiger partial charge in [-0.3, -0.25) is 9.59 Å². The fourth-order valence-electron chi connectivity index (χ4n) is 5.41. The van der Waals surface area contributed by atoms with E-state index in [0.717, 1.165) is 27.8 Å². The minimum absolute atomic E-state index is 0.0790. The first-order valence-electron chi connectivity index (χ1n) is 15.1. The van der Waals surface area contributed by atoms with Crippen molar-refractivity contribution in [2.45, 2.75) is 62.5 Å². The van der Waals surface area contributed by atoms with E-state index in [4.69, 9.17) is 14.2 Å². The van der Waals surface area contributed by atoms with E-state index < -0.39 is 42.4 Å². The molecule has 244 valence electrons. The molecule has 10 nitrogen and oxygen atoms in total. The maximum atomic E-state index is 12.3. The Kier molecular flexibility index (Phi) is 11.4. The second-order valence-electron chi connectivity index (χ2n) is 11.1. The van der Waals surface area contributed by atoms with Crippen molar-refractivity contribution in [2.24, 2.45) is 0 Å². The van der Waals surface area contributed by atoms with Crippen LogP contribution in [-0.2, 0) is 37.0 Å². The molecule has 11 heteroatoms. The number of aliphatic hydroxyl groups is 1. The van der Waals surface area contributed by atoms with Crippen molar-refractivity contribution >= 4 is 29.6 Å². The van der Waals surface area contributed by atoms with Crippen LogP contribution in [0.2, 0.25) is 0 Å². The normalized spacial score (nSPS) is 19.8. The second kappa shape index (κ2) is 15.8. The minimum Gasteiger partial charge on any atom is -0.478 e. The lowest BCUT2D eigenvalue weighted by molar-refractivity contribution is -0.255. The molecule has 5 rings (SSSR count). The zero-order chi connectivity index (χ0) is 33.3. The molecule has 1 unspecified atom stereocenters. The molecule has 0 spiro atoms. The molecule has 0 aliphatic carbocycles. The van der Waals surface area contributed by atoms with Crippen molar-refractivity contribution in [2.75, 3.05) is 5.75 Å². The molecule has 1 fully saturated rings. The predicted molar refractivity (Wildman–Crippen MR) is 174 cm³/mol. The number of hydrogen-bond acceptors (Lipinski definition) is 9. The molecule has 1 aliphatic heterocycles. The van der Waals surface area contributed by atoms with Crippen molar-refractivity contribution < 1.29 is 38.8 Å². The van der Waals surface area contributed by atoms with Crippen LogP contribution >= 0.6 is 11.8 Å². The van der Waals surface area contributed by atoms with Crippen LogP contribution in [0.25, 0.3) is 0 Å². The van der Waals surface area contributed by atoms with Crippen molar-refractivity contribution in [3.63, 3.8) is 0 Å². The molecule has 1 aliphatic rings. The van der Waals surface area contributed by atoms with Gasteiger partial charge < -0.3 is 29.7 Å². The summed E-state index contributed by atoms with van der Waals surface area (Å²) in [5, 5.41) is 22.6. The van der Waals surface area contributed by atoms with E-state index in [2.05, 4.69) is 10.3 Å². The first-order chi connectivity index (χ1) is 22.7. The van der Waals surface area contributed by atoms with E-state index in [1.807, 2.05) is 78.9 Å². The zero-order valence-corrected chi connectivity index (χ0v) is 26.8. The molecule has 3 aromatic carbocycles. The summed E-state index contributed by atoms with van der Waals surface area (Å²) in [6, 6.07) is 28.2. The Morgan fingerprint density at radius 3 is 2.23 bits per heavy atom. The maximum Gasteiger partial charge on any atom is 0.338 e. The molecule has 4 aromatic rings. The molecule has 3 N–H and O–H groups in total. The van der Waals surface area contributed by atoms with Gasteiger partial charge in [0.1, 0.15) is 5.03 Å². The van der Waals surface area contributed by atoms with Gasteiger partial charge in [-0.05, 0) is 41.3 Å². The molecule has 0 saturated carbocycles. The van der Waals surface area contributed by atoms with Gasteiger partial charge >= 0.3 is 11.9 Å². The number of aromatic nitrogens is 1. The minimum atomic E-state index is -1.05. The Bertz CT molecular complexity index is 1670. The van der Waals surface area contributed by atoms with Gasteiger partial charge in [-0.25, -0.2) is 9.78 Å². The fourth-order valence-corrected chi connectivity index (χ4v) is 6.46. The van der Waals surface area contributed by atoms with E-state index in [9.17, 15) is 24.6 Å². The Balaban J connectivity index is 1.43. The van der Waals surface area contributed by atoms with E-state index >= 15 is 0 Å². The summed E-state index contributed by atoms with van der Waals surface area (Å²) >= 11 is 1.32. The first kappa shape index (κ1) is 33.8. The zero-order valence-electron chi connectivity index (χ0n) is 25.9. The highest BCUT2D eigenvalue weighted by atomic mass is 32.2. The number of benzene rings is 3. The van der Waals surface area contributed by atoms with Crippen molar-refractivity contribution in [3.8, 4) is 0 Å². The number of carbonyl (C=O) groups is 3. The van der Waals surface area contributed by atoms with Gasteiger partial charge in [0, 0.05) is 36.9 Å². The predicted octanol–water partition coefficient (Wildman–Crippen LogP) is 5.57. The third-order valence-corrected chi connectivity index (χ3v) is 8.88. The Morgan fingerprint density at radius 1 is 0.894 bits per heavy atom. The number of amides is 1. The summed E-state index contributed by atoms with van der Waals surface area (Å²) in [5.74, 6) is -1.84. The monoisotopic (exact) mass is 656 g/mol. The van der Waals surface area contributed by atoms with E-state index in [1.54, 1.807) is 12.3 Å². The lowest BCUT2D eigenvalue weighted by Crippen LogP contribution is -2.38. The Morgan fingerprint density at radius 2 is 1.57 bits per heavy atom. The Hall–Kier alpha value is -4.55. The average Bonchev–Trinajstić information content (AvgIpc) is 3.09. The van der Waals surface area contributed by atoms with E-state index in [0.29, 0.717) is 10.8 Å². The van der Waals surface area contributed by atoms with Crippen LogP contribution in [0.15, 0.2) is 102 Å². The van der Waals surface area contributed by atoms with E-state index in [1.165, 1.54) is 31.7 Å². The number of rotatable bonds is 12. The van der Waals surface area contributed by atoms with Crippen molar-refractivity contribution in [1.29, 1.82) is 0 Å². The third-order valence-electron chi connectivity index (χ3n) is 7.79. The lowest BCUT2D eigenvalue weighted by Gasteiger charge is -2.43. The molecule has 47 heavy (non-hydrogen) atoms. The van der Waals surface area contributed by atoms with Crippen LogP contribution in [0.4, 0.5) is 0 Å². The van der Waals surface area contributed by atoms with Gasteiger partial charge in [0.15, 0.2) is 12.4 Å². The van der Waals surface area contributed by atoms with Crippen LogP contribution in [0.3, 0.4) is 0 Å². The maximum absolute atomic E-state index is 12.3. The number of thioether (sulfide) groups is 1. The SMILES string of the molecule is CC(=O)O[C@@H](C)C(=O)NCc1ccc(C2O[C@H](CSc3ncccc3C(=O)O)[C@@H](c3ccccc3)[C@H](c3ccc(CO)cc3)O2)cc1. The van der Waals surface area contributed by atoms with Crippen molar-refractivity contribution in [1.82, 2.24) is 10.3 Å². The number of nitrogens with one attached hydrogen (secondary N) is 1. The number of pyridine rings is 1. The quantitative estimate of drug-likeness (QED) is 0.131. The van der Waals surface area contributed by atoms with E-state index in [-0.39, 0.29) is 24.6 Å². The highest BCUT2D eigenvalue weighted by molar-refractivity contribution is 7.99. The van der Waals surface area contributed by atoms with Gasteiger partial charge in [-0.1, -0.05) is 78.9 Å².